The van der Waals surface area contributed by atoms with Gasteiger partial charge in [0.15, 0.2) is 6.23 Å². The van der Waals surface area contributed by atoms with Gasteiger partial charge in [-0.05, 0) is 39.0 Å². The Morgan fingerprint density at radius 2 is 1.81 bits per heavy atom. The number of nitrogens with one attached hydrogen (secondary N) is 1. The van der Waals surface area contributed by atoms with E-state index >= 15 is 0 Å². The van der Waals surface area contributed by atoms with Crippen molar-refractivity contribution in [3.05, 3.63) is 33.1 Å². The smallest absolute Gasteiger partial charge is 0.330 e. The molecule has 0 aromatic carbocycles. The maximum absolute atomic E-state index is 12.4. The molecule has 2 rings (SSSR count). The summed E-state index contributed by atoms with van der Waals surface area (Å²) in [4.78, 5) is 37.2. The van der Waals surface area contributed by atoms with Gasteiger partial charge in [-0.2, -0.15) is 0 Å². The van der Waals surface area contributed by atoms with E-state index in [0.717, 1.165) is 29.7 Å². The second-order valence-electron chi connectivity index (χ2n) is 7.35. The third-order valence-electron chi connectivity index (χ3n) is 4.96. The minimum Gasteiger partial charge on any atom is -0.387 e. The van der Waals surface area contributed by atoms with Gasteiger partial charge >= 0.3 is 13.3 Å². The minimum atomic E-state index is -4.01. The Morgan fingerprint density at radius 3 is 2.39 bits per heavy atom. The van der Waals surface area contributed by atoms with Crippen LogP contribution in [0.25, 0.3) is 0 Å². The van der Waals surface area contributed by atoms with Crippen LogP contribution < -0.4 is 22.7 Å². The lowest BCUT2D eigenvalue weighted by Crippen LogP contribution is -2.37. The standard InChI is InChI=1S/C17H32N5O8P/c18-4-1-6-21(7-2-5-19)9-10-31(27,28)29-11-12-14(24)15(25)16(30-12)22-8-3-13(23)20-17(22)26/h3,8,12,14-16,24-25H,1-2,4-7,9-11,18-19H2,(H,27,28)(H,20,23,26)/t12-,14?,15?,16-/m1/s1. The minimum absolute atomic E-state index is 0.143. The molecule has 0 bridgehead atoms. The zero-order valence-corrected chi connectivity index (χ0v) is 18.1. The third kappa shape index (κ3) is 7.59. The SMILES string of the molecule is NCCCN(CCCN)CCP(=O)(O)OC[C@H]1O[C@@H](n2ccc(=O)[nH]c2=O)C(O)C1O. The monoisotopic (exact) mass is 465 g/mol. The highest BCUT2D eigenvalue weighted by Crippen LogP contribution is 2.43. The molecular formula is C17H32N5O8P. The first-order valence-corrected chi connectivity index (χ1v) is 11.9. The zero-order valence-electron chi connectivity index (χ0n) is 17.2. The maximum Gasteiger partial charge on any atom is 0.330 e. The van der Waals surface area contributed by atoms with Gasteiger partial charge in [-0.1, -0.05) is 0 Å². The van der Waals surface area contributed by atoms with Crippen LogP contribution in [0.5, 0.6) is 0 Å². The second kappa shape index (κ2) is 12.0. The van der Waals surface area contributed by atoms with Gasteiger partial charge in [0.05, 0.1) is 12.8 Å². The number of aliphatic hydroxyl groups is 2. The molecule has 5 atom stereocenters. The summed E-state index contributed by atoms with van der Waals surface area (Å²) in [5, 5.41) is 20.4. The van der Waals surface area contributed by atoms with Gasteiger partial charge in [0.1, 0.15) is 18.3 Å². The fraction of sp³-hybridized carbons (Fsp3) is 0.765. The first-order chi connectivity index (χ1) is 14.7. The van der Waals surface area contributed by atoms with Crippen molar-refractivity contribution < 1.29 is 28.9 Å². The molecule has 0 spiro atoms. The predicted octanol–water partition coefficient (Wildman–Crippen LogP) is -2.64. The number of nitrogens with zero attached hydrogens (tertiary/aromatic N) is 2. The van der Waals surface area contributed by atoms with Crippen molar-refractivity contribution in [1.82, 2.24) is 14.5 Å². The van der Waals surface area contributed by atoms with Crippen molar-refractivity contribution in [1.29, 1.82) is 0 Å². The van der Waals surface area contributed by atoms with Gasteiger partial charge in [-0.3, -0.25) is 18.9 Å². The van der Waals surface area contributed by atoms with E-state index in [2.05, 4.69) is 0 Å². The highest BCUT2D eigenvalue weighted by Gasteiger charge is 2.45. The van der Waals surface area contributed by atoms with Crippen LogP contribution in [0, 0.1) is 0 Å². The average Bonchev–Trinajstić information content (AvgIpc) is 3.00. The topological polar surface area (TPSA) is 206 Å². The molecule has 2 heterocycles. The number of aromatic amines is 1. The molecule has 0 aliphatic carbocycles. The van der Waals surface area contributed by atoms with E-state index in [1.165, 1.54) is 0 Å². The number of ether oxygens (including phenoxy) is 1. The van der Waals surface area contributed by atoms with Crippen molar-refractivity contribution in [3.63, 3.8) is 0 Å². The van der Waals surface area contributed by atoms with Crippen LogP contribution in [0.2, 0.25) is 0 Å². The lowest BCUT2D eigenvalue weighted by molar-refractivity contribution is -0.0525. The lowest BCUT2D eigenvalue weighted by atomic mass is 10.1. The molecule has 0 radical (unpaired) electrons. The quantitative estimate of drug-likeness (QED) is 0.166. The van der Waals surface area contributed by atoms with E-state index < -0.39 is 50.0 Å². The molecule has 8 N–H and O–H groups in total. The molecule has 0 saturated carbocycles. The molecule has 31 heavy (non-hydrogen) atoms. The Bertz CT molecular complexity index is 840. The first kappa shape index (κ1) is 25.8. The molecule has 13 nitrogen and oxygen atoms in total. The molecule has 1 fully saturated rings. The van der Waals surface area contributed by atoms with Gasteiger partial charge in [-0.15, -0.1) is 0 Å². The van der Waals surface area contributed by atoms with Gasteiger partial charge in [0.2, 0.25) is 0 Å². The Morgan fingerprint density at radius 1 is 1.16 bits per heavy atom. The van der Waals surface area contributed by atoms with E-state index in [4.69, 9.17) is 20.7 Å². The fourth-order valence-electron chi connectivity index (χ4n) is 3.21. The van der Waals surface area contributed by atoms with Crippen molar-refractivity contribution in [2.75, 3.05) is 45.5 Å². The predicted molar refractivity (Wildman–Crippen MR) is 112 cm³/mol. The Balaban J connectivity index is 1.92. The Hall–Kier alpha value is -1.41. The lowest BCUT2D eigenvalue weighted by Gasteiger charge is -2.24. The maximum atomic E-state index is 12.4. The number of H-pyrrole nitrogens is 1. The van der Waals surface area contributed by atoms with Gasteiger partial charge in [-0.25, -0.2) is 4.79 Å². The van der Waals surface area contributed by atoms with Gasteiger partial charge in [0, 0.05) is 18.8 Å². The third-order valence-corrected chi connectivity index (χ3v) is 6.28. The van der Waals surface area contributed by atoms with Crippen molar-refractivity contribution in [2.45, 2.75) is 37.4 Å². The molecule has 1 aliphatic heterocycles. The number of rotatable bonds is 13. The summed E-state index contributed by atoms with van der Waals surface area (Å²) >= 11 is 0. The van der Waals surface area contributed by atoms with E-state index in [-0.39, 0.29) is 6.16 Å². The Kier molecular flexibility index (Phi) is 10.0. The van der Waals surface area contributed by atoms with Crippen LogP contribution in [0.4, 0.5) is 0 Å². The summed E-state index contributed by atoms with van der Waals surface area (Å²) in [5.74, 6) is 0. The summed E-state index contributed by atoms with van der Waals surface area (Å²) in [6.07, 6.45) is -2.93. The van der Waals surface area contributed by atoms with Crippen LogP contribution in [-0.2, 0) is 13.8 Å². The normalized spacial score (nSPS) is 25.7. The molecule has 1 aromatic rings. The number of aliphatic hydroxyl groups excluding tert-OH is 2. The van der Waals surface area contributed by atoms with Crippen LogP contribution >= 0.6 is 7.60 Å². The number of aromatic nitrogens is 2. The van der Waals surface area contributed by atoms with Crippen LogP contribution in [-0.4, -0.2) is 93.4 Å². The summed E-state index contributed by atoms with van der Waals surface area (Å²) in [7, 11) is -4.01. The van der Waals surface area contributed by atoms with Crippen molar-refractivity contribution in [3.8, 4) is 0 Å². The molecule has 14 heteroatoms. The average molecular weight is 465 g/mol. The van der Waals surface area contributed by atoms with Crippen molar-refractivity contribution in [2.24, 2.45) is 11.5 Å². The number of nitrogens with two attached hydrogens (primary N) is 2. The van der Waals surface area contributed by atoms with Gasteiger partial charge < -0.3 is 40.7 Å². The molecule has 3 unspecified atom stereocenters. The van der Waals surface area contributed by atoms with E-state index in [1.807, 2.05) is 9.88 Å². The van der Waals surface area contributed by atoms with Gasteiger partial charge in [0.25, 0.3) is 5.56 Å². The molecule has 178 valence electrons. The van der Waals surface area contributed by atoms with Crippen LogP contribution in [0.1, 0.15) is 19.1 Å². The molecule has 0 amide bonds. The van der Waals surface area contributed by atoms with E-state index in [0.29, 0.717) is 32.7 Å². The fourth-order valence-corrected chi connectivity index (χ4v) is 4.26. The van der Waals surface area contributed by atoms with Crippen molar-refractivity contribution >= 4 is 7.60 Å². The van der Waals surface area contributed by atoms with E-state index in [9.17, 15) is 29.3 Å². The van der Waals surface area contributed by atoms with E-state index in [1.54, 1.807) is 0 Å². The summed E-state index contributed by atoms with van der Waals surface area (Å²) < 4.78 is 23.9. The Labute approximate surface area is 179 Å². The van der Waals surface area contributed by atoms with Crippen LogP contribution in [0.15, 0.2) is 21.9 Å². The number of hydrogen-bond acceptors (Lipinski definition) is 10. The largest absolute Gasteiger partial charge is 0.387 e. The first-order valence-electron chi connectivity index (χ1n) is 10.1. The summed E-state index contributed by atoms with van der Waals surface area (Å²) in [5.41, 5.74) is 9.60. The van der Waals surface area contributed by atoms with Crippen LogP contribution in [0.3, 0.4) is 0 Å². The molecule has 1 aliphatic rings. The summed E-state index contributed by atoms with van der Waals surface area (Å²) in [6.45, 7) is 2.19. The highest BCUT2D eigenvalue weighted by molar-refractivity contribution is 7.52. The second-order valence-corrected chi connectivity index (χ2v) is 9.33. The molecular weight excluding hydrogens is 433 g/mol. The summed E-state index contributed by atoms with van der Waals surface area (Å²) in [6, 6.07) is 1.07. The highest BCUT2D eigenvalue weighted by atomic mass is 31.2. The molecule has 1 aromatic heterocycles. The molecule has 1 saturated heterocycles. The number of hydrogen-bond donors (Lipinski definition) is 6. The zero-order chi connectivity index (χ0) is 23.0.